The lowest BCUT2D eigenvalue weighted by Crippen LogP contribution is -2.37. The van der Waals surface area contributed by atoms with E-state index in [-0.39, 0.29) is 34.5 Å². The summed E-state index contributed by atoms with van der Waals surface area (Å²) in [7, 11) is 0. The van der Waals surface area contributed by atoms with Crippen LogP contribution in [0.25, 0.3) is 0 Å². The first-order valence-electron chi connectivity index (χ1n) is 8.51. The van der Waals surface area contributed by atoms with E-state index in [4.69, 9.17) is 23.2 Å². The molecule has 1 amide bonds. The topological polar surface area (TPSA) is 64.0 Å². The first kappa shape index (κ1) is 20.5. The summed E-state index contributed by atoms with van der Waals surface area (Å²) < 4.78 is 1.00. The van der Waals surface area contributed by atoms with E-state index in [9.17, 15) is 9.59 Å². The van der Waals surface area contributed by atoms with Crippen LogP contribution in [0.4, 0.5) is 0 Å². The van der Waals surface area contributed by atoms with Gasteiger partial charge >= 0.3 is 0 Å². The van der Waals surface area contributed by atoms with Crippen molar-refractivity contribution in [2.24, 2.45) is 5.92 Å². The molecular weight excluding hydrogens is 373 g/mol. The fraction of sp³-hybridized carbons (Fsp3) is 0.421. The highest BCUT2D eigenvalue weighted by Crippen LogP contribution is 2.24. The van der Waals surface area contributed by atoms with Crippen molar-refractivity contribution < 1.29 is 4.79 Å². The van der Waals surface area contributed by atoms with Gasteiger partial charge in [-0.3, -0.25) is 9.59 Å². The molecule has 0 radical (unpaired) electrons. The monoisotopic (exact) mass is 395 g/mol. The number of halogens is 2. The van der Waals surface area contributed by atoms with Crippen molar-refractivity contribution in [1.29, 1.82) is 0 Å². The number of rotatable bonds is 6. The van der Waals surface area contributed by atoms with E-state index in [2.05, 4.69) is 36.4 Å². The van der Waals surface area contributed by atoms with Crippen molar-refractivity contribution in [3.63, 3.8) is 0 Å². The van der Waals surface area contributed by atoms with Gasteiger partial charge in [0.1, 0.15) is 11.6 Å². The van der Waals surface area contributed by atoms with E-state index in [1.165, 1.54) is 11.8 Å². The van der Waals surface area contributed by atoms with Crippen LogP contribution < -0.4 is 10.9 Å². The number of nitrogens with zero attached hydrogens (tertiary/aromatic N) is 2. The summed E-state index contributed by atoms with van der Waals surface area (Å²) in [5, 5.41) is 6.77. The normalized spacial score (nSPS) is 12.5. The number of benzene rings is 1. The summed E-state index contributed by atoms with van der Waals surface area (Å²) in [4.78, 5) is 24.5. The van der Waals surface area contributed by atoms with Gasteiger partial charge in [-0.25, -0.2) is 4.68 Å². The lowest BCUT2D eigenvalue weighted by molar-refractivity contribution is -0.123. The van der Waals surface area contributed by atoms with Crippen LogP contribution in [0, 0.1) is 5.92 Å². The molecule has 26 heavy (non-hydrogen) atoms. The predicted molar refractivity (Wildman–Crippen MR) is 105 cm³/mol. The summed E-state index contributed by atoms with van der Waals surface area (Å²) >= 11 is 11.6. The zero-order chi connectivity index (χ0) is 19.4. The van der Waals surface area contributed by atoms with Gasteiger partial charge in [-0.15, -0.1) is 0 Å². The molecule has 0 aliphatic carbocycles. The first-order chi connectivity index (χ1) is 12.2. The molecule has 140 valence electrons. The highest BCUT2D eigenvalue weighted by molar-refractivity contribution is 6.41. The maximum Gasteiger partial charge on any atom is 0.287 e. The van der Waals surface area contributed by atoms with Gasteiger partial charge < -0.3 is 5.32 Å². The zero-order valence-electron chi connectivity index (χ0n) is 15.3. The van der Waals surface area contributed by atoms with Crippen LogP contribution in [0.2, 0.25) is 10.0 Å². The van der Waals surface area contributed by atoms with Crippen molar-refractivity contribution in [2.45, 2.75) is 46.2 Å². The average Bonchev–Trinajstić information content (AvgIpc) is 2.60. The van der Waals surface area contributed by atoms with Crippen LogP contribution in [0.3, 0.4) is 0 Å². The van der Waals surface area contributed by atoms with Gasteiger partial charge in [0.15, 0.2) is 0 Å². The molecule has 7 heteroatoms. The third-order valence-electron chi connectivity index (χ3n) is 4.18. The molecule has 0 fully saturated rings. The van der Waals surface area contributed by atoms with Crippen molar-refractivity contribution in [3.05, 3.63) is 62.0 Å². The number of hydrogen-bond donors (Lipinski definition) is 1. The molecule has 1 aromatic carbocycles. The van der Waals surface area contributed by atoms with Gasteiger partial charge in [0, 0.05) is 0 Å². The number of nitrogens with one attached hydrogen (secondary N) is 1. The SMILES string of the molecule is CC(C)c1ccc(C(NC(=O)Cn2ncc(Cl)c(Cl)c2=O)C(C)C)cc1. The van der Waals surface area contributed by atoms with E-state index in [1.807, 2.05) is 26.0 Å². The predicted octanol–water partition coefficient (Wildman–Crippen LogP) is 4.19. The number of amides is 1. The number of carbonyl (C=O) groups excluding carboxylic acids is 1. The summed E-state index contributed by atoms with van der Waals surface area (Å²) in [5.74, 6) is 0.315. The molecule has 0 saturated carbocycles. The maximum absolute atomic E-state index is 12.4. The molecule has 1 unspecified atom stereocenters. The van der Waals surface area contributed by atoms with Crippen molar-refractivity contribution >= 4 is 29.1 Å². The third-order valence-corrected chi connectivity index (χ3v) is 4.93. The minimum atomic E-state index is -0.586. The maximum atomic E-state index is 12.4. The molecule has 1 N–H and O–H groups in total. The first-order valence-corrected chi connectivity index (χ1v) is 9.26. The van der Waals surface area contributed by atoms with Gasteiger partial charge in [0.2, 0.25) is 5.91 Å². The number of carbonyl (C=O) groups is 1. The van der Waals surface area contributed by atoms with E-state index in [0.29, 0.717) is 5.92 Å². The standard InChI is InChI=1S/C19H23Cl2N3O2/c1-11(2)13-5-7-14(8-6-13)18(12(3)4)23-16(25)10-24-19(26)17(21)15(20)9-22-24/h5-9,11-12,18H,10H2,1-4H3,(H,23,25). The van der Waals surface area contributed by atoms with Gasteiger partial charge in [-0.2, -0.15) is 5.10 Å². The summed E-state index contributed by atoms with van der Waals surface area (Å²) in [6.07, 6.45) is 1.25. The molecule has 0 bridgehead atoms. The van der Waals surface area contributed by atoms with Gasteiger partial charge in [-0.05, 0) is 23.0 Å². The molecule has 0 spiro atoms. The fourth-order valence-corrected chi connectivity index (χ4v) is 2.91. The Labute approximate surface area is 163 Å². The molecular formula is C19H23Cl2N3O2. The molecule has 0 aliphatic heterocycles. The molecule has 5 nitrogen and oxygen atoms in total. The Balaban J connectivity index is 2.16. The van der Waals surface area contributed by atoms with Crippen LogP contribution in [0.1, 0.15) is 50.8 Å². The van der Waals surface area contributed by atoms with Crippen molar-refractivity contribution in [2.75, 3.05) is 0 Å². The molecule has 0 saturated heterocycles. The summed E-state index contributed by atoms with van der Waals surface area (Å²) in [5.41, 5.74) is 1.68. The second kappa shape index (κ2) is 8.69. The third kappa shape index (κ3) is 4.86. The smallest absolute Gasteiger partial charge is 0.287 e. The van der Waals surface area contributed by atoms with E-state index in [0.717, 1.165) is 10.2 Å². The Hall–Kier alpha value is -1.85. The Morgan fingerprint density at radius 2 is 1.69 bits per heavy atom. The molecule has 0 aliphatic rings. The van der Waals surface area contributed by atoms with Crippen LogP contribution in [0.5, 0.6) is 0 Å². The second-order valence-corrected chi connectivity index (χ2v) is 7.67. The molecule has 1 heterocycles. The largest absolute Gasteiger partial charge is 0.347 e. The molecule has 1 atom stereocenters. The van der Waals surface area contributed by atoms with Crippen LogP contribution in [-0.2, 0) is 11.3 Å². The van der Waals surface area contributed by atoms with E-state index in [1.54, 1.807) is 0 Å². The van der Waals surface area contributed by atoms with Crippen LogP contribution in [-0.4, -0.2) is 15.7 Å². The Kier molecular flexibility index (Phi) is 6.84. The van der Waals surface area contributed by atoms with E-state index >= 15 is 0 Å². The number of aromatic nitrogens is 2. The lowest BCUT2D eigenvalue weighted by atomic mass is 9.93. The highest BCUT2D eigenvalue weighted by atomic mass is 35.5. The highest BCUT2D eigenvalue weighted by Gasteiger charge is 2.20. The zero-order valence-corrected chi connectivity index (χ0v) is 16.8. The summed E-state index contributed by atoms with van der Waals surface area (Å²) in [6, 6.07) is 8.05. The van der Waals surface area contributed by atoms with Crippen LogP contribution >= 0.6 is 23.2 Å². The Morgan fingerprint density at radius 3 is 2.23 bits per heavy atom. The van der Waals surface area contributed by atoms with Crippen molar-refractivity contribution in [1.82, 2.24) is 15.1 Å². The molecule has 1 aromatic heterocycles. The van der Waals surface area contributed by atoms with Gasteiger partial charge in [-0.1, -0.05) is 75.2 Å². The van der Waals surface area contributed by atoms with Crippen molar-refractivity contribution in [3.8, 4) is 0 Å². The fourth-order valence-electron chi connectivity index (χ4n) is 2.64. The summed E-state index contributed by atoms with van der Waals surface area (Å²) in [6.45, 7) is 8.12. The van der Waals surface area contributed by atoms with E-state index < -0.39 is 5.56 Å². The quantitative estimate of drug-likeness (QED) is 0.797. The van der Waals surface area contributed by atoms with Crippen LogP contribution in [0.15, 0.2) is 35.3 Å². The minimum absolute atomic E-state index is 0.0682. The molecule has 2 aromatic rings. The van der Waals surface area contributed by atoms with Gasteiger partial charge in [0.05, 0.1) is 17.3 Å². The molecule has 2 rings (SSSR count). The Morgan fingerprint density at radius 1 is 1.12 bits per heavy atom. The minimum Gasteiger partial charge on any atom is -0.347 e. The Bertz CT molecular complexity index is 830. The van der Waals surface area contributed by atoms with Gasteiger partial charge in [0.25, 0.3) is 5.56 Å². The second-order valence-electron chi connectivity index (χ2n) is 6.88. The average molecular weight is 396 g/mol. The lowest BCUT2D eigenvalue weighted by Gasteiger charge is -2.23. The number of hydrogen-bond acceptors (Lipinski definition) is 3.